The summed E-state index contributed by atoms with van der Waals surface area (Å²) in [6.45, 7) is 2.09. The van der Waals surface area contributed by atoms with Gasteiger partial charge >= 0.3 is 0 Å². The highest BCUT2D eigenvalue weighted by atomic mass is 79.9. The van der Waals surface area contributed by atoms with Gasteiger partial charge < -0.3 is 5.32 Å². The number of rotatable bonds is 2. The van der Waals surface area contributed by atoms with Gasteiger partial charge in [0.25, 0.3) is 0 Å². The third-order valence-electron chi connectivity index (χ3n) is 2.49. The van der Waals surface area contributed by atoms with Gasteiger partial charge in [-0.15, -0.1) is 0 Å². The number of nitrogens with one attached hydrogen (secondary N) is 1. The molecule has 78 valence electrons. The van der Waals surface area contributed by atoms with Gasteiger partial charge in [-0.1, -0.05) is 12.1 Å². The molecule has 1 N–H and O–H groups in total. The Hall–Kier alpha value is -1.00. The Morgan fingerprint density at radius 3 is 2.87 bits per heavy atom. The van der Waals surface area contributed by atoms with Crippen molar-refractivity contribution in [1.82, 2.24) is 15.3 Å². The molecule has 4 heteroatoms. The number of para-hydroxylation sites is 1. The molecule has 0 saturated heterocycles. The third kappa shape index (κ3) is 1.87. The van der Waals surface area contributed by atoms with E-state index in [0.29, 0.717) is 0 Å². The molecule has 2 aromatic rings. The molecule has 0 amide bonds. The summed E-state index contributed by atoms with van der Waals surface area (Å²) in [5, 5.41) is 4.28. The predicted molar refractivity (Wildman–Crippen MR) is 64.7 cm³/mol. The van der Waals surface area contributed by atoms with Gasteiger partial charge in [0.15, 0.2) is 0 Å². The van der Waals surface area contributed by atoms with Crippen molar-refractivity contribution in [3.8, 4) is 0 Å². The lowest BCUT2D eigenvalue weighted by molar-refractivity contribution is 0.637. The first-order valence-electron chi connectivity index (χ1n) is 4.80. The zero-order valence-corrected chi connectivity index (χ0v) is 10.2. The summed E-state index contributed by atoms with van der Waals surface area (Å²) in [6, 6.07) is 6.26. The van der Waals surface area contributed by atoms with E-state index in [9.17, 15) is 0 Å². The maximum absolute atomic E-state index is 4.32. The molecule has 0 aliphatic carbocycles. The summed E-state index contributed by atoms with van der Waals surface area (Å²) >= 11 is 3.49. The van der Waals surface area contributed by atoms with E-state index in [-0.39, 0.29) is 6.04 Å². The van der Waals surface area contributed by atoms with Crippen LogP contribution in [0.2, 0.25) is 0 Å². The highest BCUT2D eigenvalue weighted by Crippen LogP contribution is 2.25. The molecule has 3 nitrogen and oxygen atoms in total. The van der Waals surface area contributed by atoms with Gasteiger partial charge in [0.2, 0.25) is 0 Å². The van der Waals surface area contributed by atoms with Crippen LogP contribution in [0.15, 0.2) is 29.0 Å². The van der Waals surface area contributed by atoms with Crippen LogP contribution in [0, 0.1) is 0 Å². The fourth-order valence-electron chi connectivity index (χ4n) is 1.55. The number of fused-ring (bicyclic) bond motifs is 1. The van der Waals surface area contributed by atoms with Crippen LogP contribution in [0.5, 0.6) is 0 Å². The Morgan fingerprint density at radius 1 is 1.33 bits per heavy atom. The first kappa shape index (κ1) is 10.5. The lowest BCUT2D eigenvalue weighted by atomic mass is 10.1. The van der Waals surface area contributed by atoms with Gasteiger partial charge in [-0.05, 0) is 36.0 Å². The number of aromatic nitrogens is 2. The zero-order valence-electron chi connectivity index (χ0n) is 8.66. The third-order valence-corrected chi connectivity index (χ3v) is 3.13. The van der Waals surface area contributed by atoms with E-state index in [1.807, 2.05) is 25.2 Å². The molecular formula is C11H12BrN3. The van der Waals surface area contributed by atoms with Crippen LogP contribution in [0.4, 0.5) is 0 Å². The minimum atomic E-state index is 0.227. The van der Waals surface area contributed by atoms with Crippen molar-refractivity contribution < 1.29 is 0 Å². The second kappa shape index (κ2) is 4.24. The normalized spacial score (nSPS) is 13.0. The summed E-state index contributed by atoms with van der Waals surface area (Å²) in [4.78, 5) is 8.60. The smallest absolute Gasteiger partial charge is 0.116 e. The molecule has 0 fully saturated rings. The van der Waals surface area contributed by atoms with E-state index in [2.05, 4.69) is 38.1 Å². The molecule has 0 radical (unpaired) electrons. The Labute approximate surface area is 97.1 Å². The van der Waals surface area contributed by atoms with Crippen LogP contribution < -0.4 is 5.32 Å². The topological polar surface area (TPSA) is 37.8 Å². The number of hydrogen-bond donors (Lipinski definition) is 1. The SMILES string of the molecule is CNC(C)c1ncnc2c(Br)cccc12. The fraction of sp³-hybridized carbons (Fsp3) is 0.273. The highest BCUT2D eigenvalue weighted by molar-refractivity contribution is 9.10. The molecule has 1 aromatic heterocycles. The van der Waals surface area contributed by atoms with Crippen LogP contribution in [-0.2, 0) is 0 Å². The van der Waals surface area contributed by atoms with Crippen molar-refractivity contribution in [2.24, 2.45) is 0 Å². The van der Waals surface area contributed by atoms with Crippen LogP contribution in [-0.4, -0.2) is 17.0 Å². The van der Waals surface area contributed by atoms with Crippen molar-refractivity contribution in [3.05, 3.63) is 34.7 Å². The molecule has 0 bridgehead atoms. The number of halogens is 1. The summed E-state index contributed by atoms with van der Waals surface area (Å²) in [5.74, 6) is 0. The van der Waals surface area contributed by atoms with E-state index >= 15 is 0 Å². The van der Waals surface area contributed by atoms with Gasteiger partial charge in [-0.3, -0.25) is 0 Å². The van der Waals surface area contributed by atoms with E-state index in [4.69, 9.17) is 0 Å². The first-order valence-corrected chi connectivity index (χ1v) is 5.59. The van der Waals surface area contributed by atoms with Crippen molar-refractivity contribution in [1.29, 1.82) is 0 Å². The van der Waals surface area contributed by atoms with Crippen LogP contribution in [0.3, 0.4) is 0 Å². The van der Waals surface area contributed by atoms with Gasteiger partial charge in [0, 0.05) is 15.9 Å². The molecule has 0 aliphatic heterocycles. The van der Waals surface area contributed by atoms with E-state index in [0.717, 1.165) is 21.1 Å². The second-order valence-corrected chi connectivity index (χ2v) is 4.26. The van der Waals surface area contributed by atoms with E-state index < -0.39 is 0 Å². The van der Waals surface area contributed by atoms with Crippen molar-refractivity contribution >= 4 is 26.8 Å². The Balaban J connectivity index is 2.71. The van der Waals surface area contributed by atoms with E-state index in [1.165, 1.54) is 0 Å². The summed E-state index contributed by atoms with van der Waals surface area (Å²) in [5.41, 5.74) is 1.99. The maximum Gasteiger partial charge on any atom is 0.116 e. The highest BCUT2D eigenvalue weighted by Gasteiger charge is 2.10. The summed E-state index contributed by atoms with van der Waals surface area (Å²) < 4.78 is 1.01. The van der Waals surface area contributed by atoms with Crippen LogP contribution >= 0.6 is 15.9 Å². The molecule has 1 atom stereocenters. The monoisotopic (exact) mass is 265 g/mol. The predicted octanol–water partition coefficient (Wildman–Crippen LogP) is 2.67. The molecule has 1 unspecified atom stereocenters. The molecule has 15 heavy (non-hydrogen) atoms. The van der Waals surface area contributed by atoms with Crippen LogP contribution in [0.1, 0.15) is 18.7 Å². The molecular weight excluding hydrogens is 254 g/mol. The largest absolute Gasteiger partial charge is 0.312 e. The standard InChI is InChI=1S/C11H12BrN3/c1-7(13-2)10-8-4-3-5-9(12)11(8)15-6-14-10/h3-7,13H,1-2H3. The second-order valence-electron chi connectivity index (χ2n) is 3.41. The van der Waals surface area contributed by atoms with Gasteiger partial charge in [-0.2, -0.15) is 0 Å². The lowest BCUT2D eigenvalue weighted by Gasteiger charge is -2.12. The fourth-order valence-corrected chi connectivity index (χ4v) is 2.02. The van der Waals surface area contributed by atoms with Crippen molar-refractivity contribution in [2.75, 3.05) is 7.05 Å². The van der Waals surface area contributed by atoms with Crippen molar-refractivity contribution in [3.63, 3.8) is 0 Å². The summed E-state index contributed by atoms with van der Waals surface area (Å²) in [6.07, 6.45) is 1.61. The molecule has 2 rings (SSSR count). The number of nitrogens with zero attached hydrogens (tertiary/aromatic N) is 2. The lowest BCUT2D eigenvalue weighted by Crippen LogP contribution is -2.14. The van der Waals surface area contributed by atoms with Crippen molar-refractivity contribution in [2.45, 2.75) is 13.0 Å². The molecule has 0 saturated carbocycles. The van der Waals surface area contributed by atoms with Gasteiger partial charge in [0.05, 0.1) is 11.2 Å². The number of benzene rings is 1. The van der Waals surface area contributed by atoms with E-state index in [1.54, 1.807) is 6.33 Å². The quantitative estimate of drug-likeness (QED) is 0.908. The number of hydrogen-bond acceptors (Lipinski definition) is 3. The average molecular weight is 266 g/mol. The maximum atomic E-state index is 4.32. The van der Waals surface area contributed by atoms with Gasteiger partial charge in [0.1, 0.15) is 6.33 Å². The van der Waals surface area contributed by atoms with Crippen LogP contribution in [0.25, 0.3) is 10.9 Å². The molecule has 1 heterocycles. The molecule has 0 aliphatic rings. The zero-order chi connectivity index (χ0) is 10.8. The summed E-state index contributed by atoms with van der Waals surface area (Å²) in [7, 11) is 1.93. The minimum Gasteiger partial charge on any atom is -0.312 e. The average Bonchev–Trinajstić information content (AvgIpc) is 2.28. The Morgan fingerprint density at radius 2 is 2.13 bits per heavy atom. The molecule has 1 aromatic carbocycles. The molecule has 0 spiro atoms. The Bertz CT molecular complexity index is 484. The Kier molecular flexibility index (Phi) is 2.98. The van der Waals surface area contributed by atoms with Gasteiger partial charge in [-0.25, -0.2) is 9.97 Å². The first-order chi connectivity index (χ1) is 7.24. The minimum absolute atomic E-state index is 0.227.